The third kappa shape index (κ3) is 2.40. The molecule has 1 amide bonds. The minimum absolute atomic E-state index is 0.185. The summed E-state index contributed by atoms with van der Waals surface area (Å²) in [6.45, 7) is 1.17. The van der Waals surface area contributed by atoms with Crippen LogP contribution in [0.3, 0.4) is 0 Å². The second-order valence-electron chi connectivity index (χ2n) is 10.0. The summed E-state index contributed by atoms with van der Waals surface area (Å²) in [4.78, 5) is 12.3. The van der Waals surface area contributed by atoms with E-state index in [9.17, 15) is 53.1 Å². The number of amides is 1. The smallest absolute Gasteiger partial charge is 0.350 e. The summed E-state index contributed by atoms with van der Waals surface area (Å²) in [6, 6.07) is -1.31. The van der Waals surface area contributed by atoms with Crippen molar-refractivity contribution in [2.45, 2.75) is 86.8 Å². The fraction of sp³-hybridized carbons (Fsp3) is 0.947. The van der Waals surface area contributed by atoms with E-state index in [0.29, 0.717) is 19.3 Å². The largest absolute Gasteiger partial charge is 0.384 e. The summed E-state index contributed by atoms with van der Waals surface area (Å²) in [7, 11) is 0. The molecule has 5 aliphatic carbocycles. The molecule has 5 saturated carbocycles. The molecule has 5 aliphatic rings. The Morgan fingerprint density at radius 2 is 0.969 bits per heavy atom. The van der Waals surface area contributed by atoms with Crippen LogP contribution in [0.25, 0.3) is 0 Å². The molecule has 0 aliphatic heterocycles. The van der Waals surface area contributed by atoms with Crippen LogP contribution in [-0.2, 0) is 4.79 Å². The highest BCUT2D eigenvalue weighted by molar-refractivity contribution is 5.89. The zero-order chi connectivity index (χ0) is 24.3. The molecule has 0 aromatic heterocycles. The van der Waals surface area contributed by atoms with E-state index < -0.39 is 52.6 Å². The summed E-state index contributed by atoms with van der Waals surface area (Å²) < 4.78 is 153. The summed E-state index contributed by atoms with van der Waals surface area (Å²) in [5, 5.41) is 1.48. The molecule has 1 atom stereocenters. The van der Waals surface area contributed by atoms with Gasteiger partial charge in [-0.05, 0) is 68.6 Å². The van der Waals surface area contributed by atoms with Gasteiger partial charge in [0.2, 0.25) is 0 Å². The maximum absolute atomic E-state index is 15.0. The van der Waals surface area contributed by atoms with E-state index in [-0.39, 0.29) is 17.8 Å². The molecule has 0 radical (unpaired) electrons. The summed E-state index contributed by atoms with van der Waals surface area (Å²) in [5.74, 6) is -38.8. The second kappa shape index (κ2) is 6.22. The third-order valence-electron chi connectivity index (χ3n) is 8.11. The van der Waals surface area contributed by atoms with Crippen molar-refractivity contribution in [2.75, 3.05) is 0 Å². The first kappa shape index (κ1) is 23.8. The number of hydrogen-bond acceptors (Lipinski definition) is 1. The lowest BCUT2D eigenvalue weighted by molar-refractivity contribution is -0.476. The Labute approximate surface area is 175 Å². The van der Waals surface area contributed by atoms with Gasteiger partial charge in [0.05, 0.1) is 0 Å². The molecule has 0 aromatic rings. The standard InChI is InChI=1S/C19H20F11NO/c1-8(13-5-9-2-10(6-13)4-11(3-9)7-13)31-12(32)14(20)15(21,22)17(25,26)19(29,30)18(27,28)16(14,23)24/h8-11H,2-7H2,1H3,(H,31,32). The van der Waals surface area contributed by atoms with Crippen LogP contribution in [0, 0.1) is 23.2 Å². The van der Waals surface area contributed by atoms with E-state index in [1.54, 1.807) is 0 Å². The summed E-state index contributed by atoms with van der Waals surface area (Å²) in [5.41, 5.74) is -7.46. The quantitative estimate of drug-likeness (QED) is 0.516. The van der Waals surface area contributed by atoms with Crippen molar-refractivity contribution in [3.63, 3.8) is 0 Å². The maximum Gasteiger partial charge on any atom is 0.384 e. The lowest BCUT2D eigenvalue weighted by atomic mass is 9.48. The van der Waals surface area contributed by atoms with Gasteiger partial charge in [-0.25, -0.2) is 4.39 Å². The van der Waals surface area contributed by atoms with Gasteiger partial charge in [0.1, 0.15) is 0 Å². The van der Waals surface area contributed by atoms with E-state index in [2.05, 4.69) is 0 Å². The average molecular weight is 487 g/mol. The number of hydrogen-bond donors (Lipinski definition) is 1. The van der Waals surface area contributed by atoms with E-state index in [4.69, 9.17) is 0 Å². The number of halogens is 11. The molecule has 2 nitrogen and oxygen atoms in total. The Hall–Kier alpha value is -1.30. The molecular formula is C19H20F11NO. The van der Waals surface area contributed by atoms with Crippen LogP contribution in [-0.4, -0.2) is 47.2 Å². The Bertz CT molecular complexity index is 759. The Kier molecular flexibility index (Phi) is 4.64. The topological polar surface area (TPSA) is 29.1 Å². The Balaban J connectivity index is 1.70. The number of rotatable bonds is 3. The number of alkyl halides is 11. The van der Waals surface area contributed by atoms with Gasteiger partial charge in [-0.1, -0.05) is 0 Å². The van der Waals surface area contributed by atoms with Gasteiger partial charge < -0.3 is 5.32 Å². The van der Waals surface area contributed by atoms with E-state index in [1.807, 2.05) is 0 Å². The summed E-state index contributed by atoms with van der Waals surface area (Å²) in [6.07, 6.45) is 3.86. The second-order valence-corrected chi connectivity index (χ2v) is 10.0. The normalized spacial score (nSPS) is 42.3. The van der Waals surface area contributed by atoms with Crippen LogP contribution in [0.15, 0.2) is 0 Å². The van der Waals surface area contributed by atoms with Gasteiger partial charge in [-0.15, -0.1) is 0 Å². The first-order chi connectivity index (χ1) is 14.3. The van der Waals surface area contributed by atoms with E-state index >= 15 is 0 Å². The lowest BCUT2D eigenvalue weighted by Crippen LogP contribution is -2.86. The molecule has 5 fully saturated rings. The number of carbonyl (C=O) groups is 1. The van der Waals surface area contributed by atoms with Gasteiger partial charge in [0.15, 0.2) is 0 Å². The Morgan fingerprint density at radius 3 is 1.31 bits per heavy atom. The third-order valence-corrected chi connectivity index (χ3v) is 8.11. The molecule has 1 unspecified atom stereocenters. The van der Waals surface area contributed by atoms with Crippen LogP contribution in [0.5, 0.6) is 0 Å². The van der Waals surface area contributed by atoms with Gasteiger partial charge in [-0.2, -0.15) is 43.9 Å². The maximum atomic E-state index is 15.0. The van der Waals surface area contributed by atoms with Crippen LogP contribution < -0.4 is 5.32 Å². The predicted octanol–water partition coefficient (Wildman–Crippen LogP) is 5.61. The molecule has 184 valence electrons. The van der Waals surface area contributed by atoms with Crippen LogP contribution in [0.1, 0.15) is 45.4 Å². The highest BCUT2D eigenvalue weighted by atomic mass is 19.4. The van der Waals surface area contributed by atoms with Crippen LogP contribution >= 0.6 is 0 Å². The predicted molar refractivity (Wildman–Crippen MR) is 86.8 cm³/mol. The fourth-order valence-electron chi connectivity index (χ4n) is 6.66. The van der Waals surface area contributed by atoms with Gasteiger partial charge in [0, 0.05) is 6.04 Å². The molecule has 0 spiro atoms. The molecular weight excluding hydrogens is 467 g/mol. The van der Waals surface area contributed by atoms with Gasteiger partial charge in [0.25, 0.3) is 5.91 Å². The molecule has 0 saturated heterocycles. The highest BCUT2D eigenvalue weighted by Gasteiger charge is 3.02. The molecule has 32 heavy (non-hydrogen) atoms. The zero-order valence-electron chi connectivity index (χ0n) is 16.6. The molecule has 0 heterocycles. The zero-order valence-corrected chi connectivity index (χ0v) is 16.6. The van der Waals surface area contributed by atoms with Crippen molar-refractivity contribution >= 4 is 5.91 Å². The average Bonchev–Trinajstić information content (AvgIpc) is 2.64. The van der Waals surface area contributed by atoms with Crippen molar-refractivity contribution in [3.8, 4) is 0 Å². The van der Waals surface area contributed by atoms with Gasteiger partial charge >= 0.3 is 35.3 Å². The van der Waals surface area contributed by atoms with Crippen molar-refractivity contribution in [3.05, 3.63) is 0 Å². The van der Waals surface area contributed by atoms with Crippen molar-refractivity contribution in [1.82, 2.24) is 5.32 Å². The first-order valence-electron chi connectivity index (χ1n) is 10.2. The molecule has 0 aromatic carbocycles. The fourth-order valence-corrected chi connectivity index (χ4v) is 6.66. The molecule has 1 N–H and O–H groups in total. The number of carbonyl (C=O) groups excluding carboxylic acids is 1. The highest BCUT2D eigenvalue weighted by Crippen LogP contribution is 2.69. The number of nitrogens with one attached hydrogen (secondary N) is 1. The SMILES string of the molecule is CC(NC(=O)C1(F)C(F)(F)C(F)(F)C(F)(F)C(F)(F)C1(F)F)C12CC3CC(CC(C3)C1)C2. The monoisotopic (exact) mass is 487 g/mol. The summed E-state index contributed by atoms with van der Waals surface area (Å²) >= 11 is 0. The van der Waals surface area contributed by atoms with Gasteiger partial charge in [-0.3, -0.25) is 4.79 Å². The van der Waals surface area contributed by atoms with E-state index in [1.165, 1.54) is 12.2 Å². The van der Waals surface area contributed by atoms with Crippen molar-refractivity contribution in [1.29, 1.82) is 0 Å². The van der Waals surface area contributed by atoms with E-state index in [0.717, 1.165) is 19.3 Å². The first-order valence-corrected chi connectivity index (χ1v) is 10.2. The molecule has 5 rings (SSSR count). The molecule has 13 heteroatoms. The molecule has 4 bridgehead atoms. The minimum Gasteiger partial charge on any atom is -0.350 e. The minimum atomic E-state index is -7.32. The van der Waals surface area contributed by atoms with Crippen molar-refractivity contribution in [2.24, 2.45) is 23.2 Å². The van der Waals surface area contributed by atoms with Crippen LogP contribution in [0.4, 0.5) is 48.3 Å². The van der Waals surface area contributed by atoms with Crippen LogP contribution in [0.2, 0.25) is 0 Å². The lowest BCUT2D eigenvalue weighted by Gasteiger charge is -2.59. The Morgan fingerprint density at radius 1 is 0.656 bits per heavy atom. The van der Waals surface area contributed by atoms with Crippen molar-refractivity contribution < 1.29 is 53.1 Å².